The average Bonchev–Trinajstić information content (AvgIpc) is 2.86. The Kier molecular flexibility index (Phi) is 4.72. The zero-order valence-electron chi connectivity index (χ0n) is 11.4. The minimum absolute atomic E-state index is 0.0353. The summed E-state index contributed by atoms with van der Waals surface area (Å²) in [4.78, 5) is 0. The number of hydrogen-bond donors (Lipinski definition) is 1. The summed E-state index contributed by atoms with van der Waals surface area (Å²) in [5, 5.41) is 8.98. The molecule has 2 rings (SSSR count). The van der Waals surface area contributed by atoms with Crippen molar-refractivity contribution >= 4 is 26.5 Å². The minimum Gasteiger partial charge on any atom is -0.257 e. The molecule has 0 radical (unpaired) electrons. The van der Waals surface area contributed by atoms with Crippen LogP contribution in [0.3, 0.4) is 0 Å². The Hall–Kier alpha value is -1.47. The second-order valence-corrected chi connectivity index (χ2v) is 7.61. The van der Waals surface area contributed by atoms with Crippen molar-refractivity contribution in [3.8, 4) is 0 Å². The van der Waals surface area contributed by atoms with E-state index in [0.29, 0.717) is 11.6 Å². The van der Waals surface area contributed by atoms with Gasteiger partial charge in [-0.05, 0) is 12.0 Å². The maximum atomic E-state index is 12.0. The Morgan fingerprint density at radius 2 is 1.90 bits per heavy atom. The molecule has 0 fully saturated rings. The van der Waals surface area contributed by atoms with Gasteiger partial charge in [-0.3, -0.25) is 4.72 Å². The van der Waals surface area contributed by atoms with Gasteiger partial charge in [0.25, 0.3) is 0 Å². The first-order valence-electron chi connectivity index (χ1n) is 6.34. The van der Waals surface area contributed by atoms with Gasteiger partial charge in [0.05, 0.1) is 5.75 Å². The van der Waals surface area contributed by atoms with Gasteiger partial charge in [-0.25, -0.2) is 8.42 Å². The lowest BCUT2D eigenvalue weighted by atomic mass is 10.2. The summed E-state index contributed by atoms with van der Waals surface area (Å²) in [7, 11) is -3.39. The van der Waals surface area contributed by atoms with E-state index < -0.39 is 10.0 Å². The largest absolute Gasteiger partial charge is 0.257 e. The third-order valence-electron chi connectivity index (χ3n) is 2.68. The highest BCUT2D eigenvalue weighted by Crippen LogP contribution is 2.23. The molecule has 1 aromatic heterocycles. The van der Waals surface area contributed by atoms with Crippen molar-refractivity contribution in [3.05, 3.63) is 40.9 Å². The van der Waals surface area contributed by atoms with Crippen LogP contribution in [0.25, 0.3) is 0 Å². The molecule has 0 saturated carbocycles. The Morgan fingerprint density at radius 3 is 2.50 bits per heavy atom. The summed E-state index contributed by atoms with van der Waals surface area (Å²) < 4.78 is 26.4. The van der Waals surface area contributed by atoms with Crippen LogP contribution in [0.15, 0.2) is 30.3 Å². The van der Waals surface area contributed by atoms with Crippen molar-refractivity contribution in [2.45, 2.75) is 26.2 Å². The Labute approximate surface area is 123 Å². The van der Waals surface area contributed by atoms with Crippen LogP contribution >= 0.6 is 11.3 Å². The minimum atomic E-state index is -3.39. The van der Waals surface area contributed by atoms with E-state index in [9.17, 15) is 8.42 Å². The predicted octanol–water partition coefficient (Wildman–Crippen LogP) is 2.65. The highest BCUT2D eigenvalue weighted by atomic mass is 32.2. The van der Waals surface area contributed by atoms with Crippen molar-refractivity contribution in [3.63, 3.8) is 0 Å². The summed E-state index contributed by atoms with van der Waals surface area (Å²) in [5.41, 5.74) is 0.998. The first-order valence-corrected chi connectivity index (χ1v) is 8.81. The van der Waals surface area contributed by atoms with Crippen molar-refractivity contribution in [1.82, 2.24) is 10.2 Å². The zero-order chi connectivity index (χ0) is 14.6. The molecule has 0 atom stereocenters. The Balaban J connectivity index is 1.96. The van der Waals surface area contributed by atoms with Crippen molar-refractivity contribution in [1.29, 1.82) is 0 Å². The Morgan fingerprint density at radius 1 is 1.20 bits per heavy atom. The zero-order valence-corrected chi connectivity index (χ0v) is 13.0. The summed E-state index contributed by atoms with van der Waals surface area (Å²) in [6.45, 7) is 3.99. The lowest BCUT2D eigenvalue weighted by Crippen LogP contribution is -2.18. The van der Waals surface area contributed by atoms with E-state index >= 15 is 0 Å². The molecule has 1 N–H and O–H groups in total. The second kappa shape index (κ2) is 6.32. The smallest absolute Gasteiger partial charge is 0.234 e. The molecule has 0 aliphatic heterocycles. The summed E-state index contributed by atoms with van der Waals surface area (Å²) >= 11 is 1.28. The van der Waals surface area contributed by atoms with Gasteiger partial charge in [0.1, 0.15) is 5.01 Å². The SMILES string of the molecule is CC(C)c1nnc(NS(=O)(=O)CCc2ccccc2)s1. The summed E-state index contributed by atoms with van der Waals surface area (Å²) in [6, 6.07) is 9.53. The van der Waals surface area contributed by atoms with Crippen LogP contribution in [0.5, 0.6) is 0 Å². The molecule has 0 unspecified atom stereocenters. The van der Waals surface area contributed by atoms with E-state index in [0.717, 1.165) is 10.6 Å². The normalized spacial score (nSPS) is 11.8. The molecule has 0 aliphatic carbocycles. The number of aryl methyl sites for hydroxylation is 1. The van der Waals surface area contributed by atoms with Crippen LogP contribution in [0.1, 0.15) is 30.3 Å². The Bertz CT molecular complexity index is 651. The number of sulfonamides is 1. The maximum absolute atomic E-state index is 12.0. The fourth-order valence-corrected chi connectivity index (χ4v) is 3.65. The molecule has 0 amide bonds. The number of nitrogens with zero attached hydrogens (tertiary/aromatic N) is 2. The van der Waals surface area contributed by atoms with Crippen LogP contribution < -0.4 is 4.72 Å². The van der Waals surface area contributed by atoms with E-state index in [1.807, 2.05) is 44.2 Å². The lowest BCUT2D eigenvalue weighted by Gasteiger charge is -2.04. The van der Waals surface area contributed by atoms with E-state index in [1.165, 1.54) is 11.3 Å². The average molecular weight is 311 g/mol. The predicted molar refractivity (Wildman–Crippen MR) is 81.6 cm³/mol. The monoisotopic (exact) mass is 311 g/mol. The molecule has 1 aromatic carbocycles. The van der Waals surface area contributed by atoms with E-state index in [-0.39, 0.29) is 11.7 Å². The standard InChI is InChI=1S/C13H17N3O2S2/c1-10(2)12-14-15-13(19-12)16-20(17,18)9-8-11-6-4-3-5-7-11/h3-7,10H,8-9H2,1-2H3,(H,15,16). The second-order valence-electron chi connectivity index (χ2n) is 4.76. The first kappa shape index (κ1) is 14.9. The molecule has 1 heterocycles. The fourth-order valence-electron chi connectivity index (χ4n) is 1.59. The highest BCUT2D eigenvalue weighted by molar-refractivity contribution is 7.92. The third kappa shape index (κ3) is 4.28. The van der Waals surface area contributed by atoms with Gasteiger partial charge < -0.3 is 0 Å². The quantitative estimate of drug-likeness (QED) is 0.890. The molecule has 0 spiro atoms. The van der Waals surface area contributed by atoms with Crippen LogP contribution in [-0.2, 0) is 16.4 Å². The van der Waals surface area contributed by atoms with E-state index in [2.05, 4.69) is 14.9 Å². The lowest BCUT2D eigenvalue weighted by molar-refractivity contribution is 0.600. The van der Waals surface area contributed by atoms with E-state index in [4.69, 9.17) is 0 Å². The summed E-state index contributed by atoms with van der Waals surface area (Å²) in [5.74, 6) is 0.281. The van der Waals surface area contributed by atoms with Gasteiger partial charge in [0.2, 0.25) is 15.2 Å². The molecule has 5 nitrogen and oxygen atoms in total. The van der Waals surface area contributed by atoms with Gasteiger partial charge >= 0.3 is 0 Å². The molecule has 2 aromatic rings. The van der Waals surface area contributed by atoms with Crippen LogP contribution in [0.4, 0.5) is 5.13 Å². The van der Waals surface area contributed by atoms with Gasteiger partial charge in [-0.2, -0.15) is 0 Å². The van der Waals surface area contributed by atoms with Gasteiger partial charge in [0.15, 0.2) is 0 Å². The molecule has 0 saturated heterocycles. The topological polar surface area (TPSA) is 72.0 Å². The number of hydrogen-bond acceptors (Lipinski definition) is 5. The molecule has 0 aliphatic rings. The number of aromatic nitrogens is 2. The highest BCUT2D eigenvalue weighted by Gasteiger charge is 2.15. The summed E-state index contributed by atoms with van der Waals surface area (Å²) in [6.07, 6.45) is 0.478. The van der Waals surface area contributed by atoms with Crippen LogP contribution in [-0.4, -0.2) is 24.4 Å². The fraction of sp³-hybridized carbons (Fsp3) is 0.385. The van der Waals surface area contributed by atoms with Crippen molar-refractivity contribution in [2.24, 2.45) is 0 Å². The number of anilines is 1. The molecule has 7 heteroatoms. The van der Waals surface area contributed by atoms with Gasteiger partial charge in [-0.1, -0.05) is 55.5 Å². The van der Waals surface area contributed by atoms with Gasteiger partial charge in [-0.15, -0.1) is 10.2 Å². The molecule has 0 bridgehead atoms. The van der Waals surface area contributed by atoms with E-state index in [1.54, 1.807) is 0 Å². The molecular formula is C13H17N3O2S2. The van der Waals surface area contributed by atoms with Crippen LogP contribution in [0.2, 0.25) is 0 Å². The molecular weight excluding hydrogens is 294 g/mol. The number of benzene rings is 1. The number of nitrogens with one attached hydrogen (secondary N) is 1. The van der Waals surface area contributed by atoms with Gasteiger partial charge in [0, 0.05) is 5.92 Å². The first-order chi connectivity index (χ1) is 9.46. The molecule has 20 heavy (non-hydrogen) atoms. The number of rotatable bonds is 6. The van der Waals surface area contributed by atoms with Crippen LogP contribution in [0, 0.1) is 0 Å². The van der Waals surface area contributed by atoms with Crippen molar-refractivity contribution in [2.75, 3.05) is 10.5 Å². The maximum Gasteiger partial charge on any atom is 0.234 e. The molecule has 108 valence electrons. The third-order valence-corrected chi connectivity index (χ3v) is 5.19. The van der Waals surface area contributed by atoms with Crippen molar-refractivity contribution < 1.29 is 8.42 Å².